The van der Waals surface area contributed by atoms with Gasteiger partial charge in [0.1, 0.15) is 18.5 Å². The van der Waals surface area contributed by atoms with Gasteiger partial charge in [0.2, 0.25) is 0 Å². The minimum absolute atomic E-state index is 0. The van der Waals surface area contributed by atoms with E-state index in [2.05, 4.69) is 53.4 Å². The van der Waals surface area contributed by atoms with Gasteiger partial charge >= 0.3 is 29.6 Å². The monoisotopic (exact) mass is 457 g/mol. The second-order valence-corrected chi connectivity index (χ2v) is 8.23. The van der Waals surface area contributed by atoms with Gasteiger partial charge in [-0.1, -0.05) is 48.2 Å². The number of carboxylic acids is 1. The van der Waals surface area contributed by atoms with Gasteiger partial charge in [-0.3, -0.25) is 0 Å². The van der Waals surface area contributed by atoms with Crippen LogP contribution in [0.5, 0.6) is 5.75 Å². The van der Waals surface area contributed by atoms with Crippen molar-refractivity contribution in [3.63, 3.8) is 0 Å². The van der Waals surface area contributed by atoms with Crippen molar-refractivity contribution in [2.45, 2.75) is 29.2 Å². The maximum atomic E-state index is 11.2. The third kappa shape index (κ3) is 5.88. The first kappa shape index (κ1) is 24.7. The Morgan fingerprint density at radius 2 is 1.56 bits per heavy atom. The van der Waals surface area contributed by atoms with E-state index in [1.807, 2.05) is 24.3 Å². The van der Waals surface area contributed by atoms with Gasteiger partial charge in [0, 0.05) is 22.8 Å². The molecule has 0 radical (unpaired) electrons. The molecule has 0 saturated heterocycles. The molecule has 0 amide bonds. The molecule has 0 spiro atoms. The van der Waals surface area contributed by atoms with Crippen LogP contribution in [0.3, 0.4) is 0 Å². The minimum Gasteiger partial charge on any atom is -0.547 e. The molecule has 0 aliphatic carbocycles. The van der Waals surface area contributed by atoms with E-state index in [1.54, 1.807) is 18.7 Å². The van der Waals surface area contributed by atoms with Crippen LogP contribution in [-0.2, 0) is 16.0 Å². The smallest absolute Gasteiger partial charge is 0.547 e. The van der Waals surface area contributed by atoms with Crippen molar-refractivity contribution in [1.82, 2.24) is 0 Å². The van der Waals surface area contributed by atoms with Crippen molar-refractivity contribution >= 4 is 29.1 Å². The Morgan fingerprint density at radius 3 is 2.12 bits per heavy atom. The van der Waals surface area contributed by atoms with Crippen LogP contribution in [0.4, 0.5) is 11.4 Å². The normalized spacial score (nSPS) is 12.8. The number of benzene rings is 3. The number of carbonyl (C=O) groups is 1. The fourth-order valence-electron chi connectivity index (χ4n) is 3.62. The van der Waals surface area contributed by atoms with Gasteiger partial charge in [0.05, 0.1) is 23.9 Å². The molecule has 0 bridgehead atoms. The first-order valence-electron chi connectivity index (χ1n) is 10.3. The second kappa shape index (κ2) is 11.8. The average molecular weight is 458 g/mol. The van der Waals surface area contributed by atoms with E-state index in [-0.39, 0.29) is 36.0 Å². The molecule has 5 nitrogen and oxygen atoms in total. The Morgan fingerprint density at radius 1 is 0.969 bits per heavy atom. The molecule has 0 aromatic heterocycles. The Kier molecular flexibility index (Phi) is 9.08. The molecule has 160 valence electrons. The van der Waals surface area contributed by atoms with E-state index in [9.17, 15) is 9.90 Å². The van der Waals surface area contributed by atoms with Gasteiger partial charge in [-0.15, -0.1) is 0 Å². The Hall–Kier alpha value is -1.96. The zero-order valence-electron chi connectivity index (χ0n) is 18.3. The van der Waals surface area contributed by atoms with Crippen molar-refractivity contribution in [3.8, 4) is 5.75 Å². The van der Waals surface area contributed by atoms with E-state index in [1.165, 1.54) is 21.2 Å². The van der Waals surface area contributed by atoms with E-state index >= 15 is 0 Å². The number of carbonyl (C=O) groups excluding carboxylic acids is 1. The van der Waals surface area contributed by atoms with Gasteiger partial charge in [-0.2, -0.15) is 0 Å². The summed E-state index contributed by atoms with van der Waals surface area (Å²) in [4.78, 5) is 15.9. The van der Waals surface area contributed by atoms with Gasteiger partial charge < -0.3 is 24.3 Å². The summed E-state index contributed by atoms with van der Waals surface area (Å²) in [6, 6.07) is 24.3. The van der Waals surface area contributed by atoms with E-state index < -0.39 is 12.1 Å². The van der Waals surface area contributed by atoms with E-state index in [0.29, 0.717) is 19.8 Å². The molecule has 3 aromatic rings. The zero-order chi connectivity index (χ0) is 21.6. The summed E-state index contributed by atoms with van der Waals surface area (Å²) in [6.07, 6.45) is -0.663. The molecule has 32 heavy (non-hydrogen) atoms. The van der Waals surface area contributed by atoms with Crippen molar-refractivity contribution < 1.29 is 48.9 Å². The van der Waals surface area contributed by atoms with Crippen LogP contribution < -0.4 is 44.3 Å². The fourth-order valence-corrected chi connectivity index (χ4v) is 4.72. The summed E-state index contributed by atoms with van der Waals surface area (Å²) in [5.74, 6) is -0.444. The number of anilines is 2. The summed E-state index contributed by atoms with van der Waals surface area (Å²) >= 11 is 1.79. The summed E-state index contributed by atoms with van der Waals surface area (Å²) in [7, 11) is 0. The quantitative estimate of drug-likeness (QED) is 0.448. The van der Waals surface area contributed by atoms with Gasteiger partial charge in [-0.25, -0.2) is 0 Å². The van der Waals surface area contributed by atoms with Crippen LogP contribution in [0.2, 0.25) is 0 Å². The molecular weight excluding hydrogens is 433 g/mol. The summed E-state index contributed by atoms with van der Waals surface area (Å²) in [5, 5.41) is 11.2. The van der Waals surface area contributed by atoms with E-state index in [0.717, 1.165) is 11.3 Å². The predicted molar refractivity (Wildman–Crippen MR) is 120 cm³/mol. The zero-order valence-corrected chi connectivity index (χ0v) is 21.1. The predicted octanol–water partition coefficient (Wildman–Crippen LogP) is 1.07. The molecule has 0 N–H and O–H groups in total. The maximum absolute atomic E-state index is 11.2. The number of nitrogens with zero attached hydrogens (tertiary/aromatic N) is 1. The molecule has 0 saturated carbocycles. The van der Waals surface area contributed by atoms with Gasteiger partial charge in [0.15, 0.2) is 0 Å². The minimum atomic E-state index is -1.19. The van der Waals surface area contributed by atoms with Crippen molar-refractivity contribution in [2.24, 2.45) is 0 Å². The van der Waals surface area contributed by atoms with Crippen LogP contribution in [0.15, 0.2) is 82.6 Å². The Balaban J connectivity index is 0.00000289. The number of hydrogen-bond acceptors (Lipinski definition) is 6. The molecule has 7 heteroatoms. The third-order valence-corrected chi connectivity index (χ3v) is 6.22. The van der Waals surface area contributed by atoms with Crippen molar-refractivity contribution in [3.05, 3.63) is 78.4 Å². The van der Waals surface area contributed by atoms with Crippen LogP contribution in [0.25, 0.3) is 0 Å². The third-order valence-electron chi connectivity index (χ3n) is 5.09. The number of aliphatic carboxylic acids is 1. The maximum Gasteiger partial charge on any atom is 1.00 e. The van der Waals surface area contributed by atoms with Crippen LogP contribution in [0, 0.1) is 0 Å². The average Bonchev–Trinajstić information content (AvgIpc) is 2.79. The summed E-state index contributed by atoms with van der Waals surface area (Å²) < 4.78 is 11.2. The number of rotatable bonds is 9. The van der Waals surface area contributed by atoms with Crippen LogP contribution >= 0.6 is 11.8 Å². The summed E-state index contributed by atoms with van der Waals surface area (Å²) in [6.45, 7) is 3.34. The van der Waals surface area contributed by atoms with Crippen molar-refractivity contribution in [1.29, 1.82) is 0 Å². The van der Waals surface area contributed by atoms with Crippen molar-refractivity contribution in [2.75, 3.05) is 24.7 Å². The molecular formula is C25H24NNaO4S. The largest absolute Gasteiger partial charge is 1.00 e. The second-order valence-electron chi connectivity index (χ2n) is 7.15. The van der Waals surface area contributed by atoms with E-state index in [4.69, 9.17) is 9.47 Å². The molecule has 1 aliphatic heterocycles. The standard InChI is InChI=1S/C25H25NO4S.Na/c1-2-29-22(25(27)28)17-18-11-13-19(14-12-18)30-16-15-26-20-7-3-5-9-23(20)31-24-10-6-4-8-21(24)26;/h3-14,22H,2,15-17H2,1H3,(H,27,28);/q;+1/p-1. The van der Waals surface area contributed by atoms with Crippen LogP contribution in [-0.4, -0.2) is 31.8 Å². The number of hydrogen-bond donors (Lipinski definition) is 0. The molecule has 1 heterocycles. The number of ether oxygens (including phenoxy) is 2. The van der Waals surface area contributed by atoms with Gasteiger partial charge in [-0.05, 0) is 48.9 Å². The van der Waals surface area contributed by atoms with Gasteiger partial charge in [0.25, 0.3) is 0 Å². The molecule has 3 aromatic carbocycles. The Bertz CT molecular complexity index is 999. The topological polar surface area (TPSA) is 61.8 Å². The first-order valence-corrected chi connectivity index (χ1v) is 11.1. The number of fused-ring (bicyclic) bond motifs is 2. The molecule has 1 unspecified atom stereocenters. The molecule has 1 atom stereocenters. The first-order chi connectivity index (χ1) is 15.2. The Labute approximate surface area is 215 Å². The number of carboxylic acid groups (broad SMARTS) is 1. The summed E-state index contributed by atoms with van der Waals surface area (Å²) in [5.41, 5.74) is 3.25. The SMILES string of the molecule is CCOC(Cc1ccc(OCCN2c3ccccc3Sc3ccccc32)cc1)C(=O)[O-].[Na+]. The fraction of sp³-hybridized carbons (Fsp3) is 0.240. The van der Waals surface area contributed by atoms with Crippen LogP contribution in [0.1, 0.15) is 12.5 Å². The molecule has 1 aliphatic rings. The number of para-hydroxylation sites is 2. The molecule has 4 rings (SSSR count). The molecule has 0 fully saturated rings.